The van der Waals surface area contributed by atoms with E-state index >= 15 is 0 Å². The topological polar surface area (TPSA) is 50.8 Å². The minimum atomic E-state index is -0.556. The Hall–Kier alpha value is -2.44. The molecular weight excluding hydrogens is 395 g/mol. The van der Waals surface area contributed by atoms with E-state index in [1.54, 1.807) is 13.0 Å². The van der Waals surface area contributed by atoms with E-state index in [1.807, 2.05) is 42.5 Å². The van der Waals surface area contributed by atoms with Crippen molar-refractivity contribution in [1.29, 1.82) is 0 Å². The first-order chi connectivity index (χ1) is 15.0. The Kier molecular flexibility index (Phi) is 6.88. The number of hydrogen-bond donors (Lipinski definition) is 1. The summed E-state index contributed by atoms with van der Waals surface area (Å²) >= 11 is 0. The van der Waals surface area contributed by atoms with Crippen molar-refractivity contribution in [2.24, 2.45) is 0 Å². The van der Waals surface area contributed by atoms with E-state index in [0.29, 0.717) is 18.8 Å². The minimum absolute atomic E-state index is 0.0333. The van der Waals surface area contributed by atoms with Crippen molar-refractivity contribution in [3.8, 4) is 5.75 Å². The Labute approximate surface area is 183 Å². The Morgan fingerprint density at radius 2 is 1.87 bits per heavy atom. The lowest BCUT2D eigenvalue weighted by molar-refractivity contribution is -0.128. The quantitative estimate of drug-likeness (QED) is 0.729. The molecule has 2 atom stereocenters. The van der Waals surface area contributed by atoms with E-state index in [-0.39, 0.29) is 23.4 Å². The van der Waals surface area contributed by atoms with Crippen LogP contribution in [0.5, 0.6) is 5.75 Å². The Morgan fingerprint density at radius 3 is 2.61 bits per heavy atom. The van der Waals surface area contributed by atoms with Gasteiger partial charge >= 0.3 is 0 Å². The lowest BCUT2D eigenvalue weighted by Gasteiger charge is -2.39. The largest absolute Gasteiger partial charge is 0.481 e. The van der Waals surface area contributed by atoms with Crippen LogP contribution in [-0.2, 0) is 16.1 Å². The average molecular weight is 427 g/mol. The van der Waals surface area contributed by atoms with Crippen molar-refractivity contribution in [3.05, 3.63) is 66.0 Å². The molecule has 2 aliphatic rings. The van der Waals surface area contributed by atoms with Gasteiger partial charge in [-0.2, -0.15) is 0 Å². The number of piperidine rings is 1. The summed E-state index contributed by atoms with van der Waals surface area (Å²) in [5.74, 6) is 0.414. The highest BCUT2D eigenvalue weighted by atomic mass is 19.1. The Balaban J connectivity index is 1.20. The lowest BCUT2D eigenvalue weighted by Crippen LogP contribution is -2.45. The molecule has 2 aliphatic heterocycles. The van der Waals surface area contributed by atoms with Crippen molar-refractivity contribution >= 4 is 5.91 Å². The fourth-order valence-corrected chi connectivity index (χ4v) is 4.51. The number of nitrogens with zero attached hydrogens (tertiary/aromatic N) is 1. The first-order valence-corrected chi connectivity index (χ1v) is 11.2. The van der Waals surface area contributed by atoms with Crippen molar-refractivity contribution in [2.45, 2.75) is 57.0 Å². The van der Waals surface area contributed by atoms with Gasteiger partial charge in [-0.1, -0.05) is 36.4 Å². The van der Waals surface area contributed by atoms with Gasteiger partial charge in [0.1, 0.15) is 11.6 Å². The molecule has 4 rings (SSSR count). The number of carbonyl (C=O) groups is 1. The van der Waals surface area contributed by atoms with Gasteiger partial charge in [0.2, 0.25) is 0 Å². The van der Waals surface area contributed by atoms with Crippen LogP contribution in [0.15, 0.2) is 54.6 Å². The summed E-state index contributed by atoms with van der Waals surface area (Å²) < 4.78 is 26.0. The smallest absolute Gasteiger partial charge is 0.260 e. The molecule has 2 aromatic rings. The van der Waals surface area contributed by atoms with Crippen molar-refractivity contribution in [2.75, 3.05) is 19.6 Å². The maximum absolute atomic E-state index is 13.9. The maximum Gasteiger partial charge on any atom is 0.260 e. The summed E-state index contributed by atoms with van der Waals surface area (Å²) in [6, 6.07) is 16.3. The van der Waals surface area contributed by atoms with Gasteiger partial charge in [0.25, 0.3) is 5.91 Å². The van der Waals surface area contributed by atoms with E-state index in [0.717, 1.165) is 44.3 Å². The van der Waals surface area contributed by atoms with E-state index in [4.69, 9.17) is 9.47 Å². The molecule has 0 radical (unpaired) electrons. The predicted molar refractivity (Wildman–Crippen MR) is 117 cm³/mol. The van der Waals surface area contributed by atoms with Gasteiger partial charge in [-0.15, -0.1) is 0 Å². The number of likely N-dealkylation sites (tertiary alicyclic amines) is 1. The molecule has 2 heterocycles. The van der Waals surface area contributed by atoms with Gasteiger partial charge in [-0.25, -0.2) is 4.39 Å². The standard InChI is InChI=1S/C25H31FN2O3/c1-19(30-21-8-3-2-4-9-21)24(29)27-17-22-11-12-25(31-22)13-15-28(16-14-25)18-20-7-5-6-10-23(20)26/h2-10,19,22H,11-18H2,1H3,(H,27,29)/t19-,22-/m1/s1. The number of ether oxygens (including phenoxy) is 2. The van der Waals surface area contributed by atoms with Gasteiger partial charge < -0.3 is 14.8 Å². The molecule has 0 bridgehead atoms. The molecule has 1 amide bonds. The van der Waals surface area contributed by atoms with Crippen molar-refractivity contribution in [3.63, 3.8) is 0 Å². The summed E-state index contributed by atoms with van der Waals surface area (Å²) in [6.45, 7) is 4.69. The fraction of sp³-hybridized carbons (Fsp3) is 0.480. The molecule has 1 N–H and O–H groups in total. The predicted octanol–water partition coefficient (Wildman–Crippen LogP) is 3.92. The summed E-state index contributed by atoms with van der Waals surface area (Å²) in [7, 11) is 0. The third-order valence-corrected chi connectivity index (χ3v) is 6.39. The maximum atomic E-state index is 13.9. The molecule has 31 heavy (non-hydrogen) atoms. The molecule has 2 saturated heterocycles. The number of para-hydroxylation sites is 1. The zero-order chi connectivity index (χ0) is 21.7. The van der Waals surface area contributed by atoms with Crippen LogP contribution in [0.2, 0.25) is 0 Å². The van der Waals surface area contributed by atoms with Crippen LogP contribution in [-0.4, -0.2) is 48.3 Å². The summed E-state index contributed by atoms with van der Waals surface area (Å²) in [4.78, 5) is 14.7. The van der Waals surface area contributed by atoms with Crippen LogP contribution in [0.3, 0.4) is 0 Å². The molecular formula is C25H31FN2O3. The van der Waals surface area contributed by atoms with Crippen LogP contribution in [0, 0.1) is 5.82 Å². The normalized spacial score (nSPS) is 21.7. The van der Waals surface area contributed by atoms with Gasteiger partial charge in [-0.05, 0) is 50.8 Å². The molecule has 6 heteroatoms. The lowest BCUT2D eigenvalue weighted by atomic mass is 9.88. The van der Waals surface area contributed by atoms with Gasteiger partial charge in [0.05, 0.1) is 11.7 Å². The van der Waals surface area contributed by atoms with Crippen LogP contribution < -0.4 is 10.1 Å². The number of halogens is 1. The third-order valence-electron chi connectivity index (χ3n) is 6.39. The van der Waals surface area contributed by atoms with E-state index < -0.39 is 6.10 Å². The fourth-order valence-electron chi connectivity index (χ4n) is 4.51. The van der Waals surface area contributed by atoms with E-state index in [9.17, 15) is 9.18 Å². The second kappa shape index (κ2) is 9.79. The SMILES string of the molecule is C[C@@H](Oc1ccccc1)C(=O)NC[C@H]1CCC2(CCN(Cc3ccccc3F)CC2)O1. The molecule has 5 nitrogen and oxygen atoms in total. The molecule has 0 aliphatic carbocycles. The summed E-state index contributed by atoms with van der Waals surface area (Å²) in [6.07, 6.45) is 3.32. The number of carbonyl (C=O) groups excluding carboxylic acids is 1. The zero-order valence-electron chi connectivity index (χ0n) is 18.1. The molecule has 2 aromatic carbocycles. The number of benzene rings is 2. The van der Waals surface area contributed by atoms with Crippen LogP contribution in [0.1, 0.15) is 38.2 Å². The van der Waals surface area contributed by atoms with Crippen LogP contribution in [0.25, 0.3) is 0 Å². The van der Waals surface area contributed by atoms with Crippen molar-refractivity contribution in [1.82, 2.24) is 10.2 Å². The number of amides is 1. The third kappa shape index (κ3) is 5.63. The first kappa shape index (κ1) is 21.8. The van der Waals surface area contributed by atoms with Gasteiger partial charge in [0, 0.05) is 31.7 Å². The second-order valence-corrected chi connectivity index (χ2v) is 8.65. The summed E-state index contributed by atoms with van der Waals surface area (Å²) in [5.41, 5.74) is 0.644. The van der Waals surface area contributed by atoms with Crippen LogP contribution in [0.4, 0.5) is 4.39 Å². The first-order valence-electron chi connectivity index (χ1n) is 11.2. The summed E-state index contributed by atoms with van der Waals surface area (Å²) in [5, 5.41) is 2.97. The molecule has 0 unspecified atom stereocenters. The monoisotopic (exact) mass is 426 g/mol. The van der Waals surface area contributed by atoms with Gasteiger partial charge in [-0.3, -0.25) is 9.69 Å². The highest BCUT2D eigenvalue weighted by molar-refractivity contribution is 5.80. The highest BCUT2D eigenvalue weighted by Gasteiger charge is 2.42. The molecule has 166 valence electrons. The molecule has 0 aromatic heterocycles. The van der Waals surface area contributed by atoms with Crippen LogP contribution >= 0.6 is 0 Å². The minimum Gasteiger partial charge on any atom is -0.481 e. The average Bonchev–Trinajstić information content (AvgIpc) is 3.18. The Morgan fingerprint density at radius 1 is 1.16 bits per heavy atom. The number of hydrogen-bond acceptors (Lipinski definition) is 4. The van der Waals surface area contributed by atoms with Gasteiger partial charge in [0.15, 0.2) is 6.10 Å². The molecule has 2 fully saturated rings. The van der Waals surface area contributed by atoms with E-state index in [2.05, 4.69) is 10.2 Å². The highest BCUT2D eigenvalue weighted by Crippen LogP contribution is 2.39. The zero-order valence-corrected chi connectivity index (χ0v) is 18.1. The second-order valence-electron chi connectivity index (χ2n) is 8.65. The number of nitrogens with one attached hydrogen (secondary N) is 1. The molecule has 1 spiro atoms. The van der Waals surface area contributed by atoms with E-state index in [1.165, 1.54) is 6.07 Å². The molecule has 0 saturated carbocycles. The number of rotatable bonds is 7. The van der Waals surface area contributed by atoms with Crippen molar-refractivity contribution < 1.29 is 18.7 Å². The Bertz CT molecular complexity index is 868.